The van der Waals surface area contributed by atoms with Gasteiger partial charge in [-0.05, 0) is 29.8 Å². The number of para-hydroxylation sites is 1. The van der Waals surface area contributed by atoms with E-state index in [1.54, 1.807) is 6.20 Å². The van der Waals surface area contributed by atoms with Crippen molar-refractivity contribution in [3.8, 4) is 6.07 Å². The van der Waals surface area contributed by atoms with Gasteiger partial charge in [0.05, 0.1) is 22.5 Å². The highest BCUT2D eigenvalue weighted by Crippen LogP contribution is 2.35. The number of benzene rings is 2. The van der Waals surface area contributed by atoms with Crippen LogP contribution in [0.15, 0.2) is 54.2 Å². The first kappa shape index (κ1) is 18.7. The molecule has 0 bridgehead atoms. The minimum atomic E-state index is 0.537. The Kier molecular flexibility index (Phi) is 6.32. The Morgan fingerprint density at radius 3 is 2.12 bits per heavy atom. The van der Waals surface area contributed by atoms with Gasteiger partial charge in [0.2, 0.25) is 0 Å². The molecule has 2 rings (SSSR count). The van der Waals surface area contributed by atoms with Crippen LogP contribution in [0.3, 0.4) is 0 Å². The molecular formula is C20H23ClN4. The third-order valence-corrected chi connectivity index (χ3v) is 4.17. The van der Waals surface area contributed by atoms with Gasteiger partial charge in [0, 0.05) is 52.1 Å². The highest BCUT2D eigenvalue weighted by atomic mass is 35.5. The minimum absolute atomic E-state index is 0.537. The lowest BCUT2D eigenvalue weighted by Gasteiger charge is -2.22. The van der Waals surface area contributed by atoms with Gasteiger partial charge in [-0.15, -0.1) is 0 Å². The molecule has 0 aliphatic rings. The molecule has 1 N–H and O–H groups in total. The maximum Gasteiger partial charge on any atom is 0.0965 e. The predicted molar refractivity (Wildman–Crippen MR) is 108 cm³/mol. The lowest BCUT2D eigenvalue weighted by atomic mass is 10.0. The summed E-state index contributed by atoms with van der Waals surface area (Å²) >= 11 is 6.51. The van der Waals surface area contributed by atoms with E-state index in [1.165, 1.54) is 0 Å². The van der Waals surface area contributed by atoms with E-state index in [1.807, 2.05) is 80.5 Å². The number of allylic oxidation sites excluding steroid dienone is 1. The van der Waals surface area contributed by atoms with E-state index in [0.29, 0.717) is 17.0 Å². The average Bonchev–Trinajstić information content (AvgIpc) is 2.60. The molecule has 0 aliphatic heterocycles. The Bertz CT molecular complexity index is 760. The molecule has 0 aromatic heterocycles. The van der Waals surface area contributed by atoms with Crippen molar-refractivity contribution < 1.29 is 0 Å². The first-order chi connectivity index (χ1) is 11.9. The monoisotopic (exact) mass is 354 g/mol. The van der Waals surface area contributed by atoms with Crippen LogP contribution in [0, 0.1) is 11.3 Å². The third kappa shape index (κ3) is 4.91. The van der Waals surface area contributed by atoms with Crippen molar-refractivity contribution in [2.24, 2.45) is 0 Å². The Balaban J connectivity index is 2.29. The van der Waals surface area contributed by atoms with Crippen LogP contribution in [0.1, 0.15) is 5.56 Å². The molecule has 5 heteroatoms. The molecule has 0 saturated heterocycles. The summed E-state index contributed by atoms with van der Waals surface area (Å²) in [5, 5.41) is 13.4. The second-order valence-corrected chi connectivity index (χ2v) is 6.58. The number of nitriles is 1. The zero-order valence-electron chi connectivity index (χ0n) is 15.0. The second kappa shape index (κ2) is 8.46. The van der Waals surface area contributed by atoms with Crippen molar-refractivity contribution in [1.82, 2.24) is 0 Å². The van der Waals surface area contributed by atoms with Gasteiger partial charge in [-0.1, -0.05) is 29.8 Å². The molecule has 2 aromatic carbocycles. The summed E-state index contributed by atoms with van der Waals surface area (Å²) in [5.74, 6) is 0. The van der Waals surface area contributed by atoms with Crippen LogP contribution in [-0.4, -0.2) is 28.2 Å². The summed E-state index contributed by atoms with van der Waals surface area (Å²) in [4.78, 5) is 3.97. The Labute approximate surface area is 154 Å². The van der Waals surface area contributed by atoms with Crippen molar-refractivity contribution >= 4 is 28.7 Å². The highest BCUT2D eigenvalue weighted by molar-refractivity contribution is 6.36. The number of rotatable bonds is 6. The van der Waals surface area contributed by atoms with Crippen molar-refractivity contribution in [2.45, 2.75) is 6.42 Å². The normalized spacial score (nSPS) is 11.0. The van der Waals surface area contributed by atoms with Crippen molar-refractivity contribution in [1.29, 1.82) is 5.26 Å². The van der Waals surface area contributed by atoms with Crippen molar-refractivity contribution in [3.63, 3.8) is 0 Å². The molecule has 0 amide bonds. The standard InChI is InChI=1S/C20H23ClN4/c1-24(2)18-11-15(12-19(20(18)21)25(3)4)10-16(13-22)14-23-17-8-6-5-7-9-17/h5-9,11-12,14,23H,10H2,1-4H3. The molecule has 2 aromatic rings. The van der Waals surface area contributed by atoms with E-state index in [-0.39, 0.29) is 0 Å². The first-order valence-electron chi connectivity index (χ1n) is 8.00. The molecule has 0 saturated carbocycles. The zero-order chi connectivity index (χ0) is 18.4. The molecule has 25 heavy (non-hydrogen) atoms. The van der Waals surface area contributed by atoms with Gasteiger partial charge >= 0.3 is 0 Å². The molecule has 0 spiro atoms. The fourth-order valence-electron chi connectivity index (χ4n) is 2.45. The molecule has 0 atom stereocenters. The molecule has 130 valence electrons. The number of anilines is 3. The minimum Gasteiger partial charge on any atom is -0.376 e. The Morgan fingerprint density at radius 2 is 1.64 bits per heavy atom. The molecule has 0 radical (unpaired) electrons. The second-order valence-electron chi connectivity index (χ2n) is 6.21. The molecular weight excluding hydrogens is 332 g/mol. The molecule has 4 nitrogen and oxygen atoms in total. The summed E-state index contributed by atoms with van der Waals surface area (Å²) in [6.07, 6.45) is 2.30. The lowest BCUT2D eigenvalue weighted by Crippen LogP contribution is -2.14. The predicted octanol–water partition coefficient (Wildman–Crippen LogP) is 4.53. The number of nitrogens with zero attached hydrogens (tertiary/aromatic N) is 3. The topological polar surface area (TPSA) is 42.3 Å². The SMILES string of the molecule is CN(C)c1cc(CC(C#N)=CNc2ccccc2)cc(N(C)C)c1Cl. The van der Waals surface area contributed by atoms with E-state index in [4.69, 9.17) is 11.6 Å². The van der Waals surface area contributed by atoms with E-state index < -0.39 is 0 Å². The summed E-state index contributed by atoms with van der Waals surface area (Å²) in [6.45, 7) is 0. The van der Waals surface area contributed by atoms with Crippen LogP contribution in [-0.2, 0) is 6.42 Å². The fourth-order valence-corrected chi connectivity index (χ4v) is 2.90. The van der Waals surface area contributed by atoms with E-state index >= 15 is 0 Å². The Morgan fingerprint density at radius 1 is 1.08 bits per heavy atom. The molecule has 0 aliphatic carbocycles. The summed E-state index contributed by atoms with van der Waals surface area (Å²) in [6, 6.07) is 16.1. The number of nitrogens with one attached hydrogen (secondary N) is 1. The van der Waals surface area contributed by atoms with Crippen LogP contribution in [0.5, 0.6) is 0 Å². The van der Waals surface area contributed by atoms with Gasteiger partial charge in [-0.2, -0.15) is 5.26 Å². The summed E-state index contributed by atoms with van der Waals surface area (Å²) in [7, 11) is 7.84. The van der Waals surface area contributed by atoms with Crippen LogP contribution in [0.4, 0.5) is 17.1 Å². The first-order valence-corrected chi connectivity index (χ1v) is 8.38. The Hall–Kier alpha value is -2.64. The van der Waals surface area contributed by atoms with Gasteiger partial charge in [-0.3, -0.25) is 0 Å². The van der Waals surface area contributed by atoms with E-state index in [9.17, 15) is 5.26 Å². The van der Waals surface area contributed by atoms with Crippen molar-refractivity contribution in [3.05, 3.63) is 64.8 Å². The smallest absolute Gasteiger partial charge is 0.0965 e. The van der Waals surface area contributed by atoms with Crippen LogP contribution in [0.25, 0.3) is 0 Å². The number of hydrogen-bond acceptors (Lipinski definition) is 4. The van der Waals surface area contributed by atoms with Gasteiger partial charge in [-0.25, -0.2) is 0 Å². The quantitative estimate of drug-likeness (QED) is 0.774. The largest absolute Gasteiger partial charge is 0.376 e. The average molecular weight is 355 g/mol. The van der Waals surface area contributed by atoms with Crippen molar-refractivity contribution in [2.75, 3.05) is 43.3 Å². The molecule has 0 fully saturated rings. The van der Waals surface area contributed by atoms with Gasteiger partial charge < -0.3 is 15.1 Å². The molecule has 0 unspecified atom stereocenters. The highest BCUT2D eigenvalue weighted by Gasteiger charge is 2.13. The lowest BCUT2D eigenvalue weighted by molar-refractivity contribution is 1.08. The zero-order valence-corrected chi connectivity index (χ0v) is 15.8. The maximum absolute atomic E-state index is 9.47. The number of hydrogen-bond donors (Lipinski definition) is 1. The molecule has 0 heterocycles. The van der Waals surface area contributed by atoms with Crippen LogP contribution in [0.2, 0.25) is 5.02 Å². The van der Waals surface area contributed by atoms with Gasteiger partial charge in [0.15, 0.2) is 0 Å². The van der Waals surface area contributed by atoms with Crippen LogP contribution >= 0.6 is 11.6 Å². The summed E-state index contributed by atoms with van der Waals surface area (Å²) < 4.78 is 0. The third-order valence-electron chi connectivity index (χ3n) is 3.78. The number of halogens is 1. The van der Waals surface area contributed by atoms with Gasteiger partial charge in [0.1, 0.15) is 0 Å². The van der Waals surface area contributed by atoms with Gasteiger partial charge in [0.25, 0.3) is 0 Å². The fraction of sp³-hybridized carbons (Fsp3) is 0.250. The maximum atomic E-state index is 9.47. The van der Waals surface area contributed by atoms with Crippen LogP contribution < -0.4 is 15.1 Å². The van der Waals surface area contributed by atoms with E-state index in [2.05, 4.69) is 11.4 Å². The van der Waals surface area contributed by atoms with E-state index in [0.717, 1.165) is 22.6 Å². The summed E-state index contributed by atoms with van der Waals surface area (Å²) in [5.41, 5.74) is 4.53.